The Morgan fingerprint density at radius 1 is 1.16 bits per heavy atom. The van der Waals surface area contributed by atoms with E-state index in [0.717, 1.165) is 5.69 Å². The van der Waals surface area contributed by atoms with Crippen molar-refractivity contribution < 1.29 is 19.8 Å². The number of hydrogen-bond acceptors (Lipinski definition) is 4. The first kappa shape index (κ1) is 13.4. The van der Waals surface area contributed by atoms with Crippen molar-refractivity contribution in [3.63, 3.8) is 0 Å². The van der Waals surface area contributed by atoms with Gasteiger partial charge in [-0.05, 0) is 25.3 Å². The zero-order valence-electron chi connectivity index (χ0n) is 10.5. The van der Waals surface area contributed by atoms with E-state index in [-0.39, 0.29) is 17.6 Å². The summed E-state index contributed by atoms with van der Waals surface area (Å²) in [4.78, 5) is 24.2. The van der Waals surface area contributed by atoms with Crippen molar-refractivity contribution in [1.82, 2.24) is 0 Å². The average molecular weight is 279 g/mol. The van der Waals surface area contributed by atoms with Gasteiger partial charge in [0.25, 0.3) is 0 Å². The normalized spacial score (nSPS) is 16.0. The number of allylic oxidation sites excluding steroid dienone is 2. The minimum atomic E-state index is -1.08. The lowest BCUT2D eigenvalue weighted by Gasteiger charge is -2.32. The maximum Gasteiger partial charge on any atom is 0.333 e. The Kier molecular flexibility index (Phi) is 3.44. The number of thiophene rings is 1. The van der Waals surface area contributed by atoms with E-state index in [1.54, 1.807) is 18.7 Å². The molecule has 0 aliphatic carbocycles. The third-order valence-corrected chi connectivity index (χ3v) is 3.85. The Hall–Kier alpha value is -2.08. The van der Waals surface area contributed by atoms with Crippen molar-refractivity contribution in [2.24, 2.45) is 0 Å². The van der Waals surface area contributed by atoms with Gasteiger partial charge in [0.2, 0.25) is 0 Å². The van der Waals surface area contributed by atoms with Gasteiger partial charge in [-0.2, -0.15) is 11.3 Å². The molecule has 100 valence electrons. The van der Waals surface area contributed by atoms with Crippen LogP contribution in [-0.2, 0) is 9.59 Å². The van der Waals surface area contributed by atoms with Crippen molar-refractivity contribution >= 4 is 29.0 Å². The Bertz CT molecular complexity index is 562. The number of anilines is 1. The van der Waals surface area contributed by atoms with Gasteiger partial charge in [0.1, 0.15) is 0 Å². The van der Waals surface area contributed by atoms with Crippen LogP contribution in [0.4, 0.5) is 5.69 Å². The Labute approximate surface area is 114 Å². The molecular formula is C13H13NO4S. The molecule has 0 spiro atoms. The van der Waals surface area contributed by atoms with Crippen molar-refractivity contribution in [3.05, 3.63) is 39.4 Å². The van der Waals surface area contributed by atoms with Crippen LogP contribution in [0, 0.1) is 0 Å². The topological polar surface area (TPSA) is 77.8 Å². The highest BCUT2D eigenvalue weighted by atomic mass is 32.1. The maximum absolute atomic E-state index is 11.3. The Morgan fingerprint density at radius 2 is 1.68 bits per heavy atom. The molecule has 6 heteroatoms. The van der Waals surface area contributed by atoms with Crippen LogP contribution in [0.3, 0.4) is 0 Å². The molecule has 2 rings (SSSR count). The fourth-order valence-corrected chi connectivity index (χ4v) is 2.81. The van der Waals surface area contributed by atoms with Crippen LogP contribution in [0.5, 0.6) is 0 Å². The van der Waals surface area contributed by atoms with Gasteiger partial charge >= 0.3 is 11.9 Å². The predicted molar refractivity (Wildman–Crippen MR) is 72.1 cm³/mol. The largest absolute Gasteiger partial charge is 0.478 e. The predicted octanol–water partition coefficient (Wildman–Crippen LogP) is 2.68. The quantitative estimate of drug-likeness (QED) is 0.889. The molecule has 5 nitrogen and oxygen atoms in total. The second-order valence-corrected chi connectivity index (χ2v) is 5.01. The third kappa shape index (κ3) is 2.26. The molecule has 0 aromatic carbocycles. The smallest absolute Gasteiger partial charge is 0.333 e. The summed E-state index contributed by atoms with van der Waals surface area (Å²) in [6.07, 6.45) is -0.0526. The van der Waals surface area contributed by atoms with Gasteiger partial charge in [-0.3, -0.25) is 0 Å². The van der Waals surface area contributed by atoms with Gasteiger partial charge in [0, 0.05) is 23.2 Å². The van der Waals surface area contributed by atoms with Crippen LogP contribution in [0.25, 0.3) is 0 Å². The van der Waals surface area contributed by atoms with Crippen LogP contribution in [-0.4, -0.2) is 22.2 Å². The van der Waals surface area contributed by atoms with E-state index in [0.29, 0.717) is 11.4 Å². The molecule has 0 bridgehead atoms. The number of carboxylic acid groups (broad SMARTS) is 2. The van der Waals surface area contributed by atoms with Gasteiger partial charge in [0.05, 0.1) is 16.8 Å². The lowest BCUT2D eigenvalue weighted by atomic mass is 9.96. The van der Waals surface area contributed by atoms with Crippen LogP contribution in [0.15, 0.2) is 39.4 Å². The molecule has 0 radical (unpaired) electrons. The van der Waals surface area contributed by atoms with Gasteiger partial charge in [-0.1, -0.05) is 0 Å². The van der Waals surface area contributed by atoms with E-state index >= 15 is 0 Å². The monoisotopic (exact) mass is 279 g/mol. The average Bonchev–Trinajstić information content (AvgIpc) is 2.81. The van der Waals surface area contributed by atoms with Crippen LogP contribution in [0.1, 0.15) is 20.3 Å². The molecule has 0 fully saturated rings. The summed E-state index contributed by atoms with van der Waals surface area (Å²) >= 11 is 1.47. The van der Waals surface area contributed by atoms with E-state index in [4.69, 9.17) is 0 Å². The van der Waals surface area contributed by atoms with Crippen molar-refractivity contribution in [2.75, 3.05) is 4.90 Å². The summed E-state index contributed by atoms with van der Waals surface area (Å²) < 4.78 is 0. The molecule has 0 unspecified atom stereocenters. The van der Waals surface area contributed by atoms with Crippen molar-refractivity contribution in [1.29, 1.82) is 0 Å². The first-order valence-corrected chi connectivity index (χ1v) is 6.56. The summed E-state index contributed by atoms with van der Waals surface area (Å²) in [7, 11) is 0. The zero-order chi connectivity index (χ0) is 14.2. The van der Waals surface area contributed by atoms with Crippen LogP contribution in [0.2, 0.25) is 0 Å². The van der Waals surface area contributed by atoms with E-state index in [1.165, 1.54) is 11.3 Å². The van der Waals surface area contributed by atoms with E-state index in [2.05, 4.69) is 0 Å². The molecule has 2 N–H and O–H groups in total. The van der Waals surface area contributed by atoms with Gasteiger partial charge in [-0.15, -0.1) is 0 Å². The molecule has 1 aromatic heterocycles. The Morgan fingerprint density at radius 3 is 2.05 bits per heavy atom. The number of rotatable bonds is 3. The summed E-state index contributed by atoms with van der Waals surface area (Å²) in [5.41, 5.74) is 2.16. The summed E-state index contributed by atoms with van der Waals surface area (Å²) in [5, 5.41) is 22.1. The summed E-state index contributed by atoms with van der Waals surface area (Å²) in [6.45, 7) is 3.40. The summed E-state index contributed by atoms with van der Waals surface area (Å²) in [5.74, 6) is -2.16. The second kappa shape index (κ2) is 4.89. The first-order chi connectivity index (χ1) is 8.93. The highest BCUT2D eigenvalue weighted by Crippen LogP contribution is 2.35. The van der Waals surface area contributed by atoms with E-state index in [1.807, 2.05) is 16.8 Å². The second-order valence-electron chi connectivity index (χ2n) is 4.23. The fourth-order valence-electron chi connectivity index (χ4n) is 2.19. The van der Waals surface area contributed by atoms with Crippen molar-refractivity contribution in [2.45, 2.75) is 20.3 Å². The molecular weight excluding hydrogens is 266 g/mol. The first-order valence-electron chi connectivity index (χ1n) is 5.62. The highest BCUT2D eigenvalue weighted by molar-refractivity contribution is 7.08. The minimum absolute atomic E-state index is 0.0526. The Balaban J connectivity index is 2.60. The standard InChI is InChI=1S/C13H13NO4S/c1-7-10(12(15)16)5-11(13(17)18)8(2)14(7)9-3-4-19-6-9/h3-4,6H,5H2,1-2H3,(H,15,16)(H,17,18). The minimum Gasteiger partial charge on any atom is -0.478 e. The summed E-state index contributed by atoms with van der Waals surface area (Å²) in [6, 6.07) is 1.84. The number of hydrogen-bond donors (Lipinski definition) is 2. The molecule has 0 atom stereocenters. The SMILES string of the molecule is CC1=C(C(=O)O)CC(C(=O)O)=C(C)N1c1ccsc1. The number of carbonyl (C=O) groups is 2. The lowest BCUT2D eigenvalue weighted by Crippen LogP contribution is -2.29. The molecule has 2 heterocycles. The van der Waals surface area contributed by atoms with Crippen LogP contribution >= 0.6 is 11.3 Å². The third-order valence-electron chi connectivity index (χ3n) is 3.18. The van der Waals surface area contributed by atoms with Crippen LogP contribution < -0.4 is 4.90 Å². The maximum atomic E-state index is 11.3. The van der Waals surface area contributed by atoms with Gasteiger partial charge in [0.15, 0.2) is 0 Å². The molecule has 1 aliphatic heterocycles. The number of carboxylic acids is 2. The molecule has 0 saturated heterocycles. The molecule has 0 amide bonds. The highest BCUT2D eigenvalue weighted by Gasteiger charge is 2.30. The van der Waals surface area contributed by atoms with E-state index < -0.39 is 11.9 Å². The van der Waals surface area contributed by atoms with Crippen molar-refractivity contribution in [3.8, 4) is 0 Å². The zero-order valence-corrected chi connectivity index (χ0v) is 11.3. The van der Waals surface area contributed by atoms with Gasteiger partial charge in [-0.25, -0.2) is 9.59 Å². The van der Waals surface area contributed by atoms with E-state index in [9.17, 15) is 19.8 Å². The molecule has 1 aromatic rings. The molecule has 0 saturated carbocycles. The lowest BCUT2D eigenvalue weighted by molar-refractivity contribution is -0.133. The molecule has 1 aliphatic rings. The molecule has 19 heavy (non-hydrogen) atoms. The number of aliphatic carboxylic acids is 2. The van der Waals surface area contributed by atoms with Gasteiger partial charge < -0.3 is 15.1 Å². The number of nitrogens with zero attached hydrogens (tertiary/aromatic N) is 1. The fraction of sp³-hybridized carbons (Fsp3) is 0.231.